The molecule has 3 heteroatoms. The lowest BCUT2D eigenvalue weighted by molar-refractivity contribution is 1.13. The Hall–Kier alpha value is -2.42. The van der Waals surface area contributed by atoms with Gasteiger partial charge in [-0.25, -0.2) is 0 Å². The van der Waals surface area contributed by atoms with E-state index in [1.54, 1.807) is 18.5 Å². The molecule has 2 N–H and O–H groups in total. The van der Waals surface area contributed by atoms with Crippen LogP contribution >= 0.6 is 0 Å². The summed E-state index contributed by atoms with van der Waals surface area (Å²) in [6.45, 7) is 11.9. The fourth-order valence-electron chi connectivity index (χ4n) is 1.66. The maximum absolute atomic E-state index is 5.73. The fourth-order valence-corrected chi connectivity index (χ4v) is 1.66. The lowest BCUT2D eigenvalue weighted by Gasteiger charge is -2.04. The maximum atomic E-state index is 5.73. The van der Waals surface area contributed by atoms with Gasteiger partial charge in [-0.1, -0.05) is 12.2 Å². The zero-order valence-electron chi connectivity index (χ0n) is 11.3. The number of hydrogen-bond donors (Lipinski definition) is 1. The third kappa shape index (κ3) is 4.39. The number of allylic oxidation sites excluding steroid dienone is 1. The molecular formula is C16H19N3. The average molecular weight is 253 g/mol. The van der Waals surface area contributed by atoms with Gasteiger partial charge in [0.15, 0.2) is 0 Å². The van der Waals surface area contributed by atoms with Gasteiger partial charge in [-0.3, -0.25) is 9.97 Å². The summed E-state index contributed by atoms with van der Waals surface area (Å²) >= 11 is 0. The third-order valence-electron chi connectivity index (χ3n) is 2.38. The molecule has 2 aromatic heterocycles. The molecular weight excluding hydrogens is 234 g/mol. The second-order valence-electron chi connectivity index (χ2n) is 4.16. The lowest BCUT2D eigenvalue weighted by Crippen LogP contribution is -1.93. The molecule has 0 aliphatic carbocycles. The van der Waals surface area contributed by atoms with Gasteiger partial charge in [0.2, 0.25) is 0 Å². The number of nitrogens with zero attached hydrogens (tertiary/aromatic N) is 2. The Morgan fingerprint density at radius 3 is 2.26 bits per heavy atom. The third-order valence-corrected chi connectivity index (χ3v) is 2.38. The Morgan fingerprint density at radius 1 is 1.11 bits per heavy atom. The molecule has 0 unspecified atom stereocenters. The zero-order chi connectivity index (χ0) is 14.3. The molecule has 0 spiro atoms. The van der Waals surface area contributed by atoms with Crippen molar-refractivity contribution in [3.8, 4) is 11.4 Å². The Balaban J connectivity index is 0.000000861. The first-order chi connectivity index (χ1) is 9.15. The number of aromatic nitrogens is 2. The maximum Gasteiger partial charge on any atom is 0.0906 e. The normalized spacial score (nSPS) is 9.32. The summed E-state index contributed by atoms with van der Waals surface area (Å²) in [5.74, 6) is 0. The minimum Gasteiger partial charge on any atom is -0.399 e. The Bertz CT molecular complexity index is 561. The van der Waals surface area contributed by atoms with Crippen molar-refractivity contribution in [1.82, 2.24) is 9.97 Å². The predicted molar refractivity (Wildman–Crippen MR) is 81.7 cm³/mol. The second-order valence-corrected chi connectivity index (χ2v) is 4.16. The van der Waals surface area contributed by atoms with Crippen molar-refractivity contribution < 1.29 is 0 Å². The molecule has 19 heavy (non-hydrogen) atoms. The number of hydrogen-bond acceptors (Lipinski definition) is 3. The summed E-state index contributed by atoms with van der Waals surface area (Å²) in [6.07, 6.45) is 4.34. The van der Waals surface area contributed by atoms with E-state index in [2.05, 4.69) is 29.7 Å². The molecule has 0 amide bonds. The van der Waals surface area contributed by atoms with Gasteiger partial charge in [0.25, 0.3) is 0 Å². The molecule has 2 heterocycles. The topological polar surface area (TPSA) is 51.8 Å². The van der Waals surface area contributed by atoms with Crippen LogP contribution in [0, 0.1) is 0 Å². The summed E-state index contributed by atoms with van der Waals surface area (Å²) in [5, 5.41) is 0. The van der Waals surface area contributed by atoms with Crippen molar-refractivity contribution >= 4 is 5.69 Å². The quantitative estimate of drug-likeness (QED) is 0.849. The lowest BCUT2D eigenvalue weighted by atomic mass is 10.1. The predicted octanol–water partition coefficient (Wildman–Crippen LogP) is 3.65. The molecule has 3 nitrogen and oxygen atoms in total. The van der Waals surface area contributed by atoms with E-state index >= 15 is 0 Å². The van der Waals surface area contributed by atoms with E-state index in [0.717, 1.165) is 23.4 Å². The van der Waals surface area contributed by atoms with Crippen LogP contribution in [0.4, 0.5) is 5.69 Å². The highest BCUT2D eigenvalue weighted by Crippen LogP contribution is 2.18. The van der Waals surface area contributed by atoms with E-state index in [-0.39, 0.29) is 0 Å². The van der Waals surface area contributed by atoms with Crippen LogP contribution in [-0.4, -0.2) is 9.97 Å². The molecule has 0 atom stereocenters. The van der Waals surface area contributed by atoms with E-state index in [9.17, 15) is 0 Å². The van der Waals surface area contributed by atoms with Gasteiger partial charge in [0.05, 0.1) is 11.4 Å². The average Bonchev–Trinajstić information content (AvgIpc) is 2.41. The number of anilines is 1. The summed E-state index contributed by atoms with van der Waals surface area (Å²) in [6, 6.07) is 7.61. The first-order valence-electron chi connectivity index (χ1n) is 5.96. The summed E-state index contributed by atoms with van der Waals surface area (Å²) in [4.78, 5) is 8.58. The number of nitrogens with two attached hydrogens (primary N) is 1. The van der Waals surface area contributed by atoms with Crippen molar-refractivity contribution in [2.24, 2.45) is 0 Å². The van der Waals surface area contributed by atoms with E-state index in [4.69, 9.17) is 5.73 Å². The molecule has 2 rings (SSSR count). The van der Waals surface area contributed by atoms with Crippen LogP contribution in [0.15, 0.2) is 62.0 Å². The van der Waals surface area contributed by atoms with Crippen LogP contribution in [0.5, 0.6) is 0 Å². The molecule has 0 aliphatic heterocycles. The SMILES string of the molecule is C=C.C=C(C)Cc1ccnc(-c2cc(N)ccn2)c1. The standard InChI is InChI=1S/C14H15N3.C2H4/c1-10(2)7-11-3-5-16-13(8-11)14-9-12(15)4-6-17-14;1-2/h3-6,8-9H,1,7H2,2H3,(H2,15,17);1-2H2. The van der Waals surface area contributed by atoms with Gasteiger partial charge in [-0.05, 0) is 43.2 Å². The van der Waals surface area contributed by atoms with Crippen LogP contribution in [-0.2, 0) is 6.42 Å². The van der Waals surface area contributed by atoms with Crippen LogP contribution in [0.2, 0.25) is 0 Å². The van der Waals surface area contributed by atoms with Crippen LogP contribution in [0.25, 0.3) is 11.4 Å². The second kappa shape index (κ2) is 7.11. The first kappa shape index (κ1) is 14.6. The summed E-state index contributed by atoms with van der Waals surface area (Å²) in [5.41, 5.74) is 10.4. The van der Waals surface area contributed by atoms with Crippen molar-refractivity contribution in [2.75, 3.05) is 5.73 Å². The first-order valence-corrected chi connectivity index (χ1v) is 5.96. The molecule has 0 aromatic carbocycles. The van der Waals surface area contributed by atoms with E-state index in [1.807, 2.05) is 25.1 Å². The minimum absolute atomic E-state index is 0.696. The number of rotatable bonds is 3. The molecule has 0 aliphatic rings. The van der Waals surface area contributed by atoms with Gasteiger partial charge in [-0.2, -0.15) is 0 Å². The van der Waals surface area contributed by atoms with E-state index in [0.29, 0.717) is 5.69 Å². The summed E-state index contributed by atoms with van der Waals surface area (Å²) in [7, 11) is 0. The highest BCUT2D eigenvalue weighted by atomic mass is 14.8. The monoisotopic (exact) mass is 253 g/mol. The van der Waals surface area contributed by atoms with Gasteiger partial charge < -0.3 is 5.73 Å². The van der Waals surface area contributed by atoms with Crippen molar-refractivity contribution in [3.63, 3.8) is 0 Å². The van der Waals surface area contributed by atoms with Gasteiger partial charge in [0.1, 0.15) is 0 Å². The van der Waals surface area contributed by atoms with Crippen LogP contribution in [0.3, 0.4) is 0 Å². The van der Waals surface area contributed by atoms with Crippen LogP contribution < -0.4 is 5.73 Å². The summed E-state index contributed by atoms with van der Waals surface area (Å²) < 4.78 is 0. The van der Waals surface area contributed by atoms with Gasteiger partial charge >= 0.3 is 0 Å². The molecule has 0 saturated heterocycles. The van der Waals surface area contributed by atoms with Crippen LogP contribution in [0.1, 0.15) is 12.5 Å². The van der Waals surface area contributed by atoms with Crippen molar-refractivity contribution in [1.29, 1.82) is 0 Å². The molecule has 0 bridgehead atoms. The largest absolute Gasteiger partial charge is 0.399 e. The Labute approximate surface area is 114 Å². The van der Waals surface area contributed by atoms with E-state index in [1.165, 1.54) is 5.56 Å². The molecule has 0 radical (unpaired) electrons. The highest BCUT2D eigenvalue weighted by molar-refractivity contribution is 5.59. The molecule has 98 valence electrons. The van der Waals surface area contributed by atoms with Gasteiger partial charge in [0, 0.05) is 18.1 Å². The highest BCUT2D eigenvalue weighted by Gasteiger charge is 2.02. The molecule has 0 saturated carbocycles. The van der Waals surface area contributed by atoms with Crippen molar-refractivity contribution in [2.45, 2.75) is 13.3 Å². The Kier molecular flexibility index (Phi) is 5.48. The van der Waals surface area contributed by atoms with Gasteiger partial charge in [-0.15, -0.1) is 13.2 Å². The number of pyridine rings is 2. The Morgan fingerprint density at radius 2 is 1.68 bits per heavy atom. The molecule has 2 aromatic rings. The van der Waals surface area contributed by atoms with E-state index < -0.39 is 0 Å². The number of nitrogen functional groups attached to an aromatic ring is 1. The molecule has 0 fully saturated rings. The smallest absolute Gasteiger partial charge is 0.0906 e. The fraction of sp³-hybridized carbons (Fsp3) is 0.125. The zero-order valence-corrected chi connectivity index (χ0v) is 11.3. The minimum atomic E-state index is 0.696. The van der Waals surface area contributed by atoms with Crippen molar-refractivity contribution in [3.05, 3.63) is 67.5 Å².